The van der Waals surface area contributed by atoms with Crippen LogP contribution in [0.1, 0.15) is 69.9 Å². The second kappa shape index (κ2) is 10.7. The zero-order valence-electron chi connectivity index (χ0n) is 17.7. The molecule has 0 aliphatic heterocycles. The highest BCUT2D eigenvalue weighted by Crippen LogP contribution is 2.36. The highest BCUT2D eigenvalue weighted by Gasteiger charge is 2.08. The van der Waals surface area contributed by atoms with E-state index in [0.717, 1.165) is 18.8 Å². The predicted octanol–water partition coefficient (Wildman–Crippen LogP) is 8.57. The molecule has 0 saturated heterocycles. The minimum atomic E-state index is 0.821. The molecule has 0 aliphatic carbocycles. The van der Waals surface area contributed by atoms with E-state index in [-0.39, 0.29) is 0 Å². The molecule has 3 aromatic rings. The van der Waals surface area contributed by atoms with Crippen LogP contribution in [-0.2, 0) is 6.42 Å². The smallest absolute Gasteiger partial charge is 0.119 e. The van der Waals surface area contributed by atoms with Crippen LogP contribution < -0.4 is 4.74 Å². The molecule has 1 heterocycles. The van der Waals surface area contributed by atoms with Gasteiger partial charge in [0.1, 0.15) is 5.75 Å². The van der Waals surface area contributed by atoms with Crippen LogP contribution in [0.3, 0.4) is 0 Å². The van der Waals surface area contributed by atoms with E-state index in [2.05, 4.69) is 63.2 Å². The molecule has 0 amide bonds. The number of thiophene rings is 1. The highest BCUT2D eigenvalue weighted by molar-refractivity contribution is 7.22. The molecule has 0 saturated carbocycles. The Bertz CT molecular complexity index is 877. The molecule has 0 fully saturated rings. The quantitative estimate of drug-likeness (QED) is 0.296. The van der Waals surface area contributed by atoms with Gasteiger partial charge in [-0.2, -0.15) is 0 Å². The summed E-state index contributed by atoms with van der Waals surface area (Å²) in [5, 5.41) is 1.29. The Morgan fingerprint density at radius 2 is 1.64 bits per heavy atom. The molecule has 2 heteroatoms. The molecule has 150 valence electrons. The average molecular weight is 395 g/mol. The lowest BCUT2D eigenvalue weighted by Gasteiger charge is -2.08. The number of hydrogen-bond acceptors (Lipinski definition) is 2. The van der Waals surface area contributed by atoms with Gasteiger partial charge in [0, 0.05) is 9.58 Å². The molecule has 0 spiro atoms. The molecule has 1 nitrogen and oxygen atoms in total. The zero-order valence-corrected chi connectivity index (χ0v) is 18.5. The standard InChI is InChI=1S/C26H34OS/c1-4-6-8-10-16-27-24-14-15-25-23(18-24)19-26(28-25)22-13-12-20(3)21(17-22)11-9-7-5-2/h12-15,17-19H,4-11,16H2,1-3H3. The van der Waals surface area contributed by atoms with Crippen molar-refractivity contribution >= 4 is 21.4 Å². The Labute approximate surface area is 174 Å². The van der Waals surface area contributed by atoms with E-state index in [1.165, 1.54) is 76.6 Å². The Kier molecular flexibility index (Phi) is 7.97. The fourth-order valence-corrected chi connectivity index (χ4v) is 4.67. The van der Waals surface area contributed by atoms with Gasteiger partial charge in [-0.25, -0.2) is 0 Å². The average Bonchev–Trinajstić information content (AvgIpc) is 3.13. The van der Waals surface area contributed by atoms with E-state index < -0.39 is 0 Å². The lowest BCUT2D eigenvalue weighted by Crippen LogP contribution is -1.96. The van der Waals surface area contributed by atoms with Gasteiger partial charge in [-0.05, 0) is 72.5 Å². The van der Waals surface area contributed by atoms with Gasteiger partial charge in [0.05, 0.1) is 6.61 Å². The van der Waals surface area contributed by atoms with Crippen LogP contribution in [0, 0.1) is 6.92 Å². The zero-order chi connectivity index (χ0) is 19.8. The summed E-state index contributed by atoms with van der Waals surface area (Å²) in [7, 11) is 0. The molecule has 0 unspecified atom stereocenters. The van der Waals surface area contributed by atoms with Gasteiger partial charge < -0.3 is 4.74 Å². The van der Waals surface area contributed by atoms with Gasteiger partial charge in [0.2, 0.25) is 0 Å². The van der Waals surface area contributed by atoms with Gasteiger partial charge in [-0.1, -0.05) is 64.2 Å². The lowest BCUT2D eigenvalue weighted by molar-refractivity contribution is 0.305. The molecule has 0 N–H and O–H groups in total. The number of rotatable bonds is 11. The van der Waals surface area contributed by atoms with Crippen LogP contribution in [0.15, 0.2) is 42.5 Å². The summed E-state index contributed by atoms with van der Waals surface area (Å²) in [6, 6.07) is 15.8. The molecular weight excluding hydrogens is 360 g/mol. The fourth-order valence-electron chi connectivity index (χ4n) is 3.63. The van der Waals surface area contributed by atoms with Crippen molar-refractivity contribution in [2.45, 2.75) is 72.1 Å². The second-order valence-corrected chi connectivity index (χ2v) is 8.90. The molecule has 28 heavy (non-hydrogen) atoms. The molecule has 0 aliphatic rings. The minimum absolute atomic E-state index is 0.821. The number of unbranched alkanes of at least 4 members (excludes halogenated alkanes) is 5. The Hall–Kier alpha value is -1.80. The van der Waals surface area contributed by atoms with Crippen LogP contribution in [-0.4, -0.2) is 6.61 Å². The fraction of sp³-hybridized carbons (Fsp3) is 0.462. The third kappa shape index (κ3) is 5.61. The van der Waals surface area contributed by atoms with Crippen LogP contribution in [0.25, 0.3) is 20.5 Å². The number of hydrogen-bond donors (Lipinski definition) is 0. The maximum atomic E-state index is 5.97. The van der Waals surface area contributed by atoms with E-state index in [4.69, 9.17) is 4.74 Å². The van der Waals surface area contributed by atoms with Gasteiger partial charge in [-0.15, -0.1) is 11.3 Å². The van der Waals surface area contributed by atoms with Gasteiger partial charge >= 0.3 is 0 Å². The normalized spacial score (nSPS) is 11.2. The first-order valence-corrected chi connectivity index (χ1v) is 11.8. The Morgan fingerprint density at radius 3 is 2.46 bits per heavy atom. The van der Waals surface area contributed by atoms with Gasteiger partial charge in [-0.3, -0.25) is 0 Å². The molecule has 1 aromatic heterocycles. The monoisotopic (exact) mass is 394 g/mol. The highest BCUT2D eigenvalue weighted by atomic mass is 32.1. The van der Waals surface area contributed by atoms with Crippen LogP contribution in [0.4, 0.5) is 0 Å². The maximum Gasteiger partial charge on any atom is 0.119 e. The van der Waals surface area contributed by atoms with Gasteiger partial charge in [0.15, 0.2) is 0 Å². The largest absolute Gasteiger partial charge is 0.494 e. The number of aryl methyl sites for hydroxylation is 2. The first-order valence-electron chi connectivity index (χ1n) is 11.0. The minimum Gasteiger partial charge on any atom is -0.494 e. The van der Waals surface area contributed by atoms with E-state index >= 15 is 0 Å². The molecule has 0 bridgehead atoms. The third-order valence-electron chi connectivity index (χ3n) is 5.44. The van der Waals surface area contributed by atoms with Crippen molar-refractivity contribution in [2.75, 3.05) is 6.61 Å². The van der Waals surface area contributed by atoms with Crippen molar-refractivity contribution in [1.82, 2.24) is 0 Å². The number of benzene rings is 2. The summed E-state index contributed by atoms with van der Waals surface area (Å²) in [5.74, 6) is 0.998. The van der Waals surface area contributed by atoms with Crippen molar-refractivity contribution in [2.24, 2.45) is 0 Å². The van der Waals surface area contributed by atoms with Crippen LogP contribution in [0.5, 0.6) is 5.75 Å². The summed E-state index contributed by atoms with van der Waals surface area (Å²) >= 11 is 1.88. The summed E-state index contributed by atoms with van der Waals surface area (Å²) in [6.07, 6.45) is 10.0. The topological polar surface area (TPSA) is 9.23 Å². The summed E-state index contributed by atoms with van der Waals surface area (Å²) in [4.78, 5) is 1.35. The molecule has 2 aromatic carbocycles. The SMILES string of the molecule is CCCCCCOc1ccc2sc(-c3ccc(C)c(CCCCC)c3)cc2c1. The van der Waals surface area contributed by atoms with Crippen molar-refractivity contribution in [1.29, 1.82) is 0 Å². The van der Waals surface area contributed by atoms with Crippen LogP contribution >= 0.6 is 11.3 Å². The second-order valence-electron chi connectivity index (χ2n) is 7.82. The molecular formula is C26H34OS. The third-order valence-corrected chi connectivity index (χ3v) is 6.60. The molecule has 0 radical (unpaired) electrons. The van der Waals surface area contributed by atoms with Crippen molar-refractivity contribution in [3.8, 4) is 16.2 Å². The van der Waals surface area contributed by atoms with Crippen molar-refractivity contribution in [3.05, 3.63) is 53.6 Å². The first kappa shape index (κ1) is 20.9. The van der Waals surface area contributed by atoms with Crippen molar-refractivity contribution < 1.29 is 4.74 Å². The first-order chi connectivity index (χ1) is 13.7. The van der Waals surface area contributed by atoms with E-state index in [1.54, 1.807) is 0 Å². The number of ether oxygens (including phenoxy) is 1. The Balaban J connectivity index is 1.72. The summed E-state index contributed by atoms with van der Waals surface area (Å²) in [5.41, 5.74) is 4.26. The molecule has 3 rings (SSSR count). The predicted molar refractivity (Wildman–Crippen MR) is 125 cm³/mol. The number of fused-ring (bicyclic) bond motifs is 1. The van der Waals surface area contributed by atoms with E-state index in [1.807, 2.05) is 11.3 Å². The summed E-state index contributed by atoms with van der Waals surface area (Å²) < 4.78 is 7.30. The summed E-state index contributed by atoms with van der Waals surface area (Å²) in [6.45, 7) is 7.57. The van der Waals surface area contributed by atoms with Gasteiger partial charge in [0.25, 0.3) is 0 Å². The maximum absolute atomic E-state index is 5.97. The lowest BCUT2D eigenvalue weighted by atomic mass is 9.99. The van der Waals surface area contributed by atoms with Crippen molar-refractivity contribution in [3.63, 3.8) is 0 Å². The van der Waals surface area contributed by atoms with Crippen LogP contribution in [0.2, 0.25) is 0 Å². The van der Waals surface area contributed by atoms with E-state index in [0.29, 0.717) is 0 Å². The molecule has 0 atom stereocenters. The Morgan fingerprint density at radius 1 is 0.821 bits per heavy atom. The van der Waals surface area contributed by atoms with E-state index in [9.17, 15) is 0 Å².